The Morgan fingerprint density at radius 3 is 2.32 bits per heavy atom. The van der Waals surface area contributed by atoms with E-state index in [1.54, 1.807) is 0 Å². The largest absolute Gasteiger partial charge is 0.460 e. The number of piperidine rings is 1. The van der Waals surface area contributed by atoms with Crippen LogP contribution in [0.2, 0.25) is 0 Å². The number of nitrogens with one attached hydrogen (secondary N) is 1. The first-order valence-electron chi connectivity index (χ1n) is 8.68. The summed E-state index contributed by atoms with van der Waals surface area (Å²) < 4.78 is 5.56. The fourth-order valence-corrected chi connectivity index (χ4v) is 3.38. The highest BCUT2D eigenvalue weighted by Gasteiger charge is 2.34. The molecule has 0 aromatic rings. The van der Waals surface area contributed by atoms with E-state index in [1.165, 1.54) is 0 Å². The zero-order valence-corrected chi connectivity index (χ0v) is 14.9. The molecule has 2 heterocycles. The van der Waals surface area contributed by atoms with Gasteiger partial charge in [-0.3, -0.25) is 14.6 Å². The second kappa shape index (κ2) is 7.28. The summed E-state index contributed by atoms with van der Waals surface area (Å²) in [4.78, 5) is 17.4. The van der Waals surface area contributed by atoms with Crippen LogP contribution in [0.15, 0.2) is 0 Å². The topological polar surface area (TPSA) is 44.8 Å². The normalized spacial score (nSPS) is 28.8. The Bertz CT molecular complexity index is 371. The molecule has 5 nitrogen and oxygen atoms in total. The molecule has 22 heavy (non-hydrogen) atoms. The lowest BCUT2D eigenvalue weighted by molar-refractivity contribution is -0.161. The molecule has 0 saturated carbocycles. The van der Waals surface area contributed by atoms with Gasteiger partial charge in [0.1, 0.15) is 5.60 Å². The molecule has 0 radical (unpaired) electrons. The molecule has 0 spiro atoms. The van der Waals surface area contributed by atoms with Crippen LogP contribution in [0.3, 0.4) is 0 Å². The summed E-state index contributed by atoms with van der Waals surface area (Å²) in [7, 11) is 0. The van der Waals surface area contributed by atoms with Crippen molar-refractivity contribution < 1.29 is 9.53 Å². The van der Waals surface area contributed by atoms with E-state index in [4.69, 9.17) is 4.74 Å². The van der Waals surface area contributed by atoms with Crippen LogP contribution in [0, 0.1) is 5.92 Å². The lowest BCUT2D eigenvalue weighted by Gasteiger charge is -2.43. The minimum absolute atomic E-state index is 0.0129. The van der Waals surface area contributed by atoms with Gasteiger partial charge in [-0.15, -0.1) is 0 Å². The molecule has 0 amide bonds. The molecule has 1 N–H and O–H groups in total. The highest BCUT2D eigenvalue weighted by Crippen LogP contribution is 2.21. The zero-order valence-electron chi connectivity index (χ0n) is 14.9. The highest BCUT2D eigenvalue weighted by atomic mass is 16.6. The van der Waals surface area contributed by atoms with Crippen LogP contribution >= 0.6 is 0 Å². The number of ether oxygens (including phenoxy) is 1. The molecule has 2 rings (SSSR count). The summed E-state index contributed by atoms with van der Waals surface area (Å²) in [5, 5.41) is 3.43. The molecule has 128 valence electrons. The number of hydrogen-bond acceptors (Lipinski definition) is 5. The second-order valence-electron chi connectivity index (χ2n) is 7.94. The van der Waals surface area contributed by atoms with Gasteiger partial charge in [0.2, 0.25) is 0 Å². The average Bonchev–Trinajstić information content (AvgIpc) is 2.46. The van der Waals surface area contributed by atoms with Gasteiger partial charge in [0, 0.05) is 51.4 Å². The molecular formula is C17H33N3O2. The van der Waals surface area contributed by atoms with Crippen LogP contribution in [-0.4, -0.2) is 72.7 Å². The van der Waals surface area contributed by atoms with Crippen LogP contribution in [0.1, 0.15) is 41.0 Å². The van der Waals surface area contributed by atoms with Gasteiger partial charge in [0.15, 0.2) is 0 Å². The fraction of sp³-hybridized carbons (Fsp3) is 0.941. The number of nitrogens with zero attached hydrogens (tertiary/aromatic N) is 2. The summed E-state index contributed by atoms with van der Waals surface area (Å²) in [6, 6.07) is 1.08. The maximum absolute atomic E-state index is 12.3. The molecule has 5 heteroatoms. The summed E-state index contributed by atoms with van der Waals surface area (Å²) in [5.41, 5.74) is -0.396. The van der Waals surface area contributed by atoms with Crippen molar-refractivity contribution in [3.63, 3.8) is 0 Å². The smallest absolute Gasteiger partial charge is 0.310 e. The maximum Gasteiger partial charge on any atom is 0.310 e. The number of hydrogen-bond donors (Lipinski definition) is 1. The van der Waals surface area contributed by atoms with E-state index in [1.807, 2.05) is 20.8 Å². The Kier molecular flexibility index (Phi) is 5.86. The van der Waals surface area contributed by atoms with E-state index >= 15 is 0 Å². The summed E-state index contributed by atoms with van der Waals surface area (Å²) in [6.07, 6.45) is 0.920. The van der Waals surface area contributed by atoms with Gasteiger partial charge >= 0.3 is 5.97 Å². The molecule has 0 unspecified atom stereocenters. The minimum atomic E-state index is -0.396. The predicted molar refractivity (Wildman–Crippen MR) is 88.9 cm³/mol. The lowest BCUT2D eigenvalue weighted by atomic mass is 9.94. The van der Waals surface area contributed by atoms with E-state index in [-0.39, 0.29) is 11.9 Å². The van der Waals surface area contributed by atoms with E-state index < -0.39 is 5.60 Å². The summed E-state index contributed by atoms with van der Waals surface area (Å²) in [6.45, 7) is 16.5. The number of piperazine rings is 1. The Balaban J connectivity index is 1.85. The maximum atomic E-state index is 12.3. The van der Waals surface area contributed by atoms with Crippen molar-refractivity contribution in [2.45, 2.75) is 58.7 Å². The molecule has 2 atom stereocenters. The summed E-state index contributed by atoms with van der Waals surface area (Å²) >= 11 is 0. The first-order chi connectivity index (χ1) is 10.3. The quantitative estimate of drug-likeness (QED) is 0.797. The van der Waals surface area contributed by atoms with Crippen molar-refractivity contribution in [1.82, 2.24) is 15.1 Å². The first-order valence-corrected chi connectivity index (χ1v) is 8.68. The van der Waals surface area contributed by atoms with Crippen molar-refractivity contribution in [2.75, 3.05) is 39.3 Å². The third-order valence-corrected chi connectivity index (χ3v) is 4.66. The summed E-state index contributed by atoms with van der Waals surface area (Å²) in [5.74, 6) is -0.0633. The van der Waals surface area contributed by atoms with Crippen LogP contribution < -0.4 is 5.32 Å². The highest BCUT2D eigenvalue weighted by molar-refractivity contribution is 5.73. The van der Waals surface area contributed by atoms with Crippen molar-refractivity contribution in [2.24, 2.45) is 5.92 Å². The molecular weight excluding hydrogens is 278 g/mol. The third-order valence-electron chi connectivity index (χ3n) is 4.66. The second-order valence-corrected chi connectivity index (χ2v) is 7.94. The number of esters is 1. The Morgan fingerprint density at radius 1 is 1.14 bits per heavy atom. The SMILES string of the molecule is CC(C)N1CCN([C@@H]2CNC[C@@H](C(=O)OC(C)(C)C)C2)CC1. The van der Waals surface area contributed by atoms with Gasteiger partial charge < -0.3 is 10.1 Å². The Hall–Kier alpha value is -0.650. The monoisotopic (exact) mass is 311 g/mol. The molecule has 0 bridgehead atoms. The molecule has 0 aliphatic carbocycles. The van der Waals surface area contributed by atoms with Gasteiger partial charge in [0.05, 0.1) is 5.92 Å². The van der Waals surface area contributed by atoms with Gasteiger partial charge in [-0.25, -0.2) is 0 Å². The standard InChI is InChI=1S/C17H33N3O2/c1-13(2)19-6-8-20(9-7-19)15-10-14(11-18-12-15)16(21)22-17(3,4)5/h13-15,18H,6-12H2,1-5H3/t14-,15-/m0/s1. The number of carbonyl (C=O) groups is 1. The van der Waals surface area contributed by atoms with E-state index in [0.717, 1.165) is 45.7 Å². The van der Waals surface area contributed by atoms with Crippen molar-refractivity contribution in [1.29, 1.82) is 0 Å². The van der Waals surface area contributed by atoms with E-state index in [2.05, 4.69) is 29.0 Å². The lowest BCUT2D eigenvalue weighted by Crippen LogP contribution is -2.57. The van der Waals surface area contributed by atoms with E-state index in [0.29, 0.717) is 12.1 Å². The molecule has 2 aliphatic rings. The number of rotatable bonds is 3. The third kappa shape index (κ3) is 4.93. The van der Waals surface area contributed by atoms with E-state index in [9.17, 15) is 4.79 Å². The molecule has 0 aromatic heterocycles. The van der Waals surface area contributed by atoms with Crippen LogP contribution in [0.25, 0.3) is 0 Å². The van der Waals surface area contributed by atoms with Crippen LogP contribution in [-0.2, 0) is 9.53 Å². The average molecular weight is 311 g/mol. The van der Waals surface area contributed by atoms with Gasteiger partial charge in [-0.2, -0.15) is 0 Å². The van der Waals surface area contributed by atoms with Crippen molar-refractivity contribution in [3.05, 3.63) is 0 Å². The minimum Gasteiger partial charge on any atom is -0.460 e. The molecule has 0 aromatic carbocycles. The predicted octanol–water partition coefficient (Wildman–Crippen LogP) is 1.33. The first kappa shape index (κ1) is 17.7. The van der Waals surface area contributed by atoms with Gasteiger partial charge in [-0.1, -0.05) is 0 Å². The zero-order chi connectivity index (χ0) is 16.3. The fourth-order valence-electron chi connectivity index (χ4n) is 3.38. The Morgan fingerprint density at radius 2 is 1.77 bits per heavy atom. The van der Waals surface area contributed by atoms with Crippen LogP contribution in [0.5, 0.6) is 0 Å². The molecule has 2 fully saturated rings. The van der Waals surface area contributed by atoms with Crippen molar-refractivity contribution >= 4 is 5.97 Å². The van der Waals surface area contributed by atoms with Gasteiger partial charge in [0.25, 0.3) is 0 Å². The van der Waals surface area contributed by atoms with Crippen molar-refractivity contribution in [3.8, 4) is 0 Å². The molecule has 2 saturated heterocycles. The van der Waals surface area contributed by atoms with Crippen LogP contribution in [0.4, 0.5) is 0 Å². The van der Waals surface area contributed by atoms with Gasteiger partial charge in [-0.05, 0) is 41.0 Å². The molecule has 2 aliphatic heterocycles. The number of carbonyl (C=O) groups excluding carboxylic acids is 1. The Labute approximate surface area is 135 Å².